The highest BCUT2D eigenvalue weighted by molar-refractivity contribution is 5.28. The number of aliphatic hydroxyl groups is 1. The lowest BCUT2D eigenvalue weighted by Gasteiger charge is -2.41. The van der Waals surface area contributed by atoms with Gasteiger partial charge in [-0.1, -0.05) is 32.9 Å². The van der Waals surface area contributed by atoms with E-state index in [1.165, 1.54) is 5.56 Å². The molecule has 3 nitrogen and oxygen atoms in total. The van der Waals surface area contributed by atoms with Crippen molar-refractivity contribution in [3.8, 4) is 5.75 Å². The Labute approximate surface area is 128 Å². The summed E-state index contributed by atoms with van der Waals surface area (Å²) in [5.41, 5.74) is 1.12. The highest BCUT2D eigenvalue weighted by atomic mass is 16.5. The van der Waals surface area contributed by atoms with E-state index < -0.39 is 0 Å². The number of benzene rings is 1. The fourth-order valence-electron chi connectivity index (χ4n) is 3.37. The van der Waals surface area contributed by atoms with Gasteiger partial charge in [-0.2, -0.15) is 0 Å². The number of ether oxygens (including phenoxy) is 1. The van der Waals surface area contributed by atoms with E-state index in [2.05, 4.69) is 44.3 Å². The SMILES string of the molecule is CCc1cccc(OC2CCCC(CO)(NC(C)C)C2)c1. The molecule has 0 spiro atoms. The zero-order chi connectivity index (χ0) is 15.3. The summed E-state index contributed by atoms with van der Waals surface area (Å²) in [6.07, 6.45) is 5.27. The van der Waals surface area contributed by atoms with Gasteiger partial charge in [-0.3, -0.25) is 0 Å². The van der Waals surface area contributed by atoms with E-state index in [0.717, 1.165) is 37.9 Å². The highest BCUT2D eigenvalue weighted by Crippen LogP contribution is 2.31. The fourth-order valence-corrected chi connectivity index (χ4v) is 3.37. The molecule has 1 saturated carbocycles. The molecule has 0 aromatic heterocycles. The number of aliphatic hydroxyl groups excluding tert-OH is 1. The van der Waals surface area contributed by atoms with E-state index in [4.69, 9.17) is 4.74 Å². The van der Waals surface area contributed by atoms with E-state index in [-0.39, 0.29) is 18.2 Å². The first-order chi connectivity index (χ1) is 10.1. The van der Waals surface area contributed by atoms with E-state index >= 15 is 0 Å². The molecule has 2 rings (SSSR count). The van der Waals surface area contributed by atoms with E-state index in [9.17, 15) is 5.11 Å². The molecule has 0 bridgehead atoms. The molecule has 1 aromatic carbocycles. The van der Waals surface area contributed by atoms with Crippen LogP contribution in [0.1, 0.15) is 52.0 Å². The Hall–Kier alpha value is -1.06. The summed E-state index contributed by atoms with van der Waals surface area (Å²) in [5, 5.41) is 13.4. The molecule has 118 valence electrons. The van der Waals surface area contributed by atoms with Gasteiger partial charge in [0.15, 0.2) is 0 Å². The van der Waals surface area contributed by atoms with Crippen molar-refractivity contribution in [3.63, 3.8) is 0 Å². The molecule has 2 N–H and O–H groups in total. The first kappa shape index (κ1) is 16.3. The Balaban J connectivity index is 2.03. The number of rotatable bonds is 6. The monoisotopic (exact) mass is 291 g/mol. The van der Waals surface area contributed by atoms with Crippen LogP contribution in [0, 0.1) is 0 Å². The third-order valence-corrected chi connectivity index (χ3v) is 4.31. The molecule has 0 amide bonds. The van der Waals surface area contributed by atoms with Crippen molar-refractivity contribution in [1.82, 2.24) is 5.32 Å². The molecule has 1 aliphatic rings. The van der Waals surface area contributed by atoms with E-state index in [0.29, 0.717) is 6.04 Å². The molecule has 1 fully saturated rings. The van der Waals surface area contributed by atoms with Gasteiger partial charge >= 0.3 is 0 Å². The summed E-state index contributed by atoms with van der Waals surface area (Å²) < 4.78 is 6.19. The van der Waals surface area contributed by atoms with Crippen LogP contribution in [-0.4, -0.2) is 29.4 Å². The maximum absolute atomic E-state index is 9.84. The van der Waals surface area contributed by atoms with Gasteiger partial charge in [0.25, 0.3) is 0 Å². The standard InChI is InChI=1S/C18H29NO2/c1-4-15-7-5-8-16(11-15)21-17-9-6-10-18(12-17,13-20)19-14(2)3/h5,7-8,11,14,17,19-20H,4,6,9-10,12-13H2,1-3H3. The zero-order valence-electron chi connectivity index (χ0n) is 13.6. The lowest BCUT2D eigenvalue weighted by atomic mass is 9.80. The molecule has 2 unspecified atom stereocenters. The van der Waals surface area contributed by atoms with Crippen molar-refractivity contribution < 1.29 is 9.84 Å². The van der Waals surface area contributed by atoms with Crippen LogP contribution >= 0.6 is 0 Å². The van der Waals surface area contributed by atoms with Crippen molar-refractivity contribution in [1.29, 1.82) is 0 Å². The van der Waals surface area contributed by atoms with Gasteiger partial charge in [-0.05, 0) is 43.4 Å². The Morgan fingerprint density at radius 1 is 1.43 bits per heavy atom. The second-order valence-corrected chi connectivity index (χ2v) is 6.57. The maximum atomic E-state index is 9.84. The van der Waals surface area contributed by atoms with Crippen LogP contribution in [0.4, 0.5) is 0 Å². The Bertz CT molecular complexity index is 447. The summed E-state index contributed by atoms with van der Waals surface area (Å²) in [6.45, 7) is 6.60. The van der Waals surface area contributed by atoms with E-state index in [1.807, 2.05) is 6.07 Å². The van der Waals surface area contributed by atoms with Crippen LogP contribution < -0.4 is 10.1 Å². The van der Waals surface area contributed by atoms with Crippen LogP contribution in [0.15, 0.2) is 24.3 Å². The van der Waals surface area contributed by atoms with Gasteiger partial charge in [0.1, 0.15) is 11.9 Å². The molecular weight excluding hydrogens is 262 g/mol. The molecule has 3 heteroatoms. The molecule has 1 aromatic rings. The summed E-state index contributed by atoms with van der Waals surface area (Å²) in [6, 6.07) is 8.73. The third-order valence-electron chi connectivity index (χ3n) is 4.31. The molecule has 0 radical (unpaired) electrons. The van der Waals surface area contributed by atoms with Crippen molar-refractivity contribution in [2.24, 2.45) is 0 Å². The summed E-state index contributed by atoms with van der Waals surface area (Å²) >= 11 is 0. The Kier molecular flexibility index (Phi) is 5.65. The smallest absolute Gasteiger partial charge is 0.119 e. The van der Waals surface area contributed by atoms with Crippen molar-refractivity contribution in [2.45, 2.75) is 70.6 Å². The zero-order valence-corrected chi connectivity index (χ0v) is 13.6. The normalized spacial score (nSPS) is 26.0. The molecule has 21 heavy (non-hydrogen) atoms. The summed E-state index contributed by atoms with van der Waals surface area (Å²) in [4.78, 5) is 0. The van der Waals surface area contributed by atoms with Gasteiger partial charge in [0.05, 0.1) is 6.61 Å². The minimum Gasteiger partial charge on any atom is -0.490 e. The molecule has 0 saturated heterocycles. The minimum absolute atomic E-state index is 0.181. The van der Waals surface area contributed by atoms with Crippen molar-refractivity contribution in [3.05, 3.63) is 29.8 Å². The highest BCUT2D eigenvalue weighted by Gasteiger charge is 2.37. The fraction of sp³-hybridized carbons (Fsp3) is 0.667. The van der Waals surface area contributed by atoms with Gasteiger partial charge in [-0.25, -0.2) is 0 Å². The van der Waals surface area contributed by atoms with Crippen LogP contribution in [-0.2, 0) is 6.42 Å². The average molecular weight is 291 g/mol. The van der Waals surface area contributed by atoms with Crippen molar-refractivity contribution >= 4 is 0 Å². The molecule has 2 atom stereocenters. The van der Waals surface area contributed by atoms with Crippen LogP contribution in [0.2, 0.25) is 0 Å². The van der Waals surface area contributed by atoms with Gasteiger partial charge in [0, 0.05) is 18.0 Å². The first-order valence-corrected chi connectivity index (χ1v) is 8.21. The summed E-state index contributed by atoms with van der Waals surface area (Å²) in [5.74, 6) is 0.956. The quantitative estimate of drug-likeness (QED) is 0.845. The van der Waals surface area contributed by atoms with Crippen LogP contribution in [0.3, 0.4) is 0 Å². The second-order valence-electron chi connectivity index (χ2n) is 6.57. The minimum atomic E-state index is -0.181. The molecule has 0 heterocycles. The summed E-state index contributed by atoms with van der Waals surface area (Å²) in [7, 11) is 0. The van der Waals surface area contributed by atoms with Crippen molar-refractivity contribution in [2.75, 3.05) is 6.61 Å². The predicted molar refractivity (Wildman–Crippen MR) is 86.8 cm³/mol. The van der Waals surface area contributed by atoms with Crippen LogP contribution in [0.5, 0.6) is 5.75 Å². The van der Waals surface area contributed by atoms with Crippen LogP contribution in [0.25, 0.3) is 0 Å². The van der Waals surface area contributed by atoms with E-state index in [1.54, 1.807) is 0 Å². The first-order valence-electron chi connectivity index (χ1n) is 8.21. The second kappa shape index (κ2) is 7.28. The number of aryl methyl sites for hydroxylation is 1. The van der Waals surface area contributed by atoms with Gasteiger partial charge in [-0.15, -0.1) is 0 Å². The molecular formula is C18H29NO2. The maximum Gasteiger partial charge on any atom is 0.119 e. The topological polar surface area (TPSA) is 41.5 Å². The van der Waals surface area contributed by atoms with Gasteiger partial charge in [0.2, 0.25) is 0 Å². The third kappa shape index (κ3) is 4.45. The Morgan fingerprint density at radius 3 is 2.90 bits per heavy atom. The number of nitrogens with one attached hydrogen (secondary N) is 1. The molecule has 1 aliphatic carbocycles. The average Bonchev–Trinajstić information content (AvgIpc) is 2.47. The van der Waals surface area contributed by atoms with Gasteiger partial charge < -0.3 is 15.2 Å². The number of hydrogen-bond donors (Lipinski definition) is 2. The Morgan fingerprint density at radius 2 is 2.24 bits per heavy atom. The predicted octanol–water partition coefficient (Wildman–Crippen LogP) is 3.30. The lowest BCUT2D eigenvalue weighted by Crippen LogP contribution is -2.55. The number of hydrogen-bond acceptors (Lipinski definition) is 3. The largest absolute Gasteiger partial charge is 0.490 e. The molecule has 0 aliphatic heterocycles. The lowest BCUT2D eigenvalue weighted by molar-refractivity contribution is 0.0461.